The van der Waals surface area contributed by atoms with Gasteiger partial charge in [-0.15, -0.1) is 0 Å². The lowest BCUT2D eigenvalue weighted by molar-refractivity contribution is 0.100. The van der Waals surface area contributed by atoms with E-state index in [0.29, 0.717) is 5.56 Å². The van der Waals surface area contributed by atoms with Gasteiger partial charge in [0.2, 0.25) is 0 Å². The number of benzene rings is 1. The van der Waals surface area contributed by atoms with E-state index < -0.39 is 5.91 Å². The Labute approximate surface area is 133 Å². The molecule has 3 aromatic rings. The molecule has 6 nitrogen and oxygen atoms in total. The SMILES string of the molecule is NC(=O)c1ccccc1N1CCCNc2nc3[nH]ccc3cc21. The minimum absolute atomic E-state index is 0.421. The van der Waals surface area contributed by atoms with Crippen LogP contribution in [-0.4, -0.2) is 29.0 Å². The Morgan fingerprint density at radius 2 is 2.09 bits per heavy atom. The van der Waals surface area contributed by atoms with E-state index in [1.165, 1.54) is 0 Å². The Morgan fingerprint density at radius 1 is 1.22 bits per heavy atom. The quantitative estimate of drug-likeness (QED) is 0.679. The number of carbonyl (C=O) groups excluding carboxylic acids is 1. The average Bonchev–Trinajstić information content (AvgIpc) is 2.91. The summed E-state index contributed by atoms with van der Waals surface area (Å²) in [6.07, 6.45) is 2.82. The van der Waals surface area contributed by atoms with E-state index in [1.807, 2.05) is 30.5 Å². The number of fused-ring (bicyclic) bond motifs is 2. The summed E-state index contributed by atoms with van der Waals surface area (Å²) in [6.45, 7) is 1.63. The molecule has 0 radical (unpaired) electrons. The van der Waals surface area contributed by atoms with E-state index in [4.69, 9.17) is 5.73 Å². The van der Waals surface area contributed by atoms with Crippen LogP contribution >= 0.6 is 0 Å². The van der Waals surface area contributed by atoms with Crippen molar-refractivity contribution in [1.29, 1.82) is 0 Å². The van der Waals surface area contributed by atoms with Crippen molar-refractivity contribution in [2.24, 2.45) is 5.73 Å². The molecule has 1 aliphatic rings. The fourth-order valence-electron chi connectivity index (χ4n) is 3.04. The summed E-state index contributed by atoms with van der Waals surface area (Å²) >= 11 is 0. The number of carbonyl (C=O) groups is 1. The Balaban J connectivity index is 1.92. The number of nitrogens with zero attached hydrogens (tertiary/aromatic N) is 2. The summed E-state index contributed by atoms with van der Waals surface area (Å²) in [5.41, 5.74) is 8.71. The van der Waals surface area contributed by atoms with Gasteiger partial charge in [-0.3, -0.25) is 4.79 Å². The van der Waals surface area contributed by atoms with E-state index in [-0.39, 0.29) is 0 Å². The van der Waals surface area contributed by atoms with Gasteiger partial charge >= 0.3 is 0 Å². The van der Waals surface area contributed by atoms with Gasteiger partial charge in [0.15, 0.2) is 5.82 Å². The van der Waals surface area contributed by atoms with Crippen molar-refractivity contribution in [1.82, 2.24) is 9.97 Å². The molecular formula is C17H17N5O. The van der Waals surface area contributed by atoms with Gasteiger partial charge in [-0.2, -0.15) is 0 Å². The largest absolute Gasteiger partial charge is 0.368 e. The maximum atomic E-state index is 11.8. The van der Waals surface area contributed by atoms with E-state index in [9.17, 15) is 4.79 Å². The standard InChI is InChI=1S/C17H17N5O/c18-15(23)12-4-1-2-5-13(12)22-9-3-7-19-17-14(22)10-11-6-8-20-16(11)21-17/h1-2,4-6,8,10H,3,7,9H2,(H2,18,23)(H2,19,20,21). The third-order valence-electron chi connectivity index (χ3n) is 4.12. The second-order valence-corrected chi connectivity index (χ2v) is 5.58. The van der Waals surface area contributed by atoms with Crippen molar-refractivity contribution in [2.45, 2.75) is 6.42 Å². The van der Waals surface area contributed by atoms with Crippen LogP contribution in [-0.2, 0) is 0 Å². The van der Waals surface area contributed by atoms with Crippen LogP contribution in [0.1, 0.15) is 16.8 Å². The van der Waals surface area contributed by atoms with Gasteiger partial charge in [0, 0.05) is 24.7 Å². The van der Waals surface area contributed by atoms with E-state index in [1.54, 1.807) is 6.07 Å². The molecule has 23 heavy (non-hydrogen) atoms. The number of rotatable bonds is 2. The Morgan fingerprint density at radius 3 is 2.96 bits per heavy atom. The minimum atomic E-state index is -0.421. The number of aromatic nitrogens is 2. The first-order valence-corrected chi connectivity index (χ1v) is 7.62. The highest BCUT2D eigenvalue weighted by Crippen LogP contribution is 2.36. The van der Waals surface area contributed by atoms with Crippen LogP contribution in [0.2, 0.25) is 0 Å². The summed E-state index contributed by atoms with van der Waals surface area (Å²) in [5.74, 6) is 0.395. The molecule has 0 aliphatic carbocycles. The monoisotopic (exact) mass is 307 g/mol. The number of primary amides is 1. The number of H-pyrrole nitrogens is 1. The van der Waals surface area contributed by atoms with Gasteiger partial charge in [0.25, 0.3) is 5.91 Å². The number of aromatic amines is 1. The van der Waals surface area contributed by atoms with Crippen molar-refractivity contribution in [2.75, 3.05) is 23.3 Å². The van der Waals surface area contributed by atoms with Gasteiger partial charge in [-0.1, -0.05) is 12.1 Å². The van der Waals surface area contributed by atoms with E-state index in [2.05, 4.69) is 26.3 Å². The highest BCUT2D eigenvalue weighted by atomic mass is 16.1. The lowest BCUT2D eigenvalue weighted by Gasteiger charge is -2.25. The predicted molar refractivity (Wildman–Crippen MR) is 91.2 cm³/mol. The predicted octanol–water partition coefficient (Wildman–Crippen LogP) is 2.62. The van der Waals surface area contributed by atoms with Crippen molar-refractivity contribution in [3.05, 3.63) is 48.2 Å². The lowest BCUT2D eigenvalue weighted by Crippen LogP contribution is -2.22. The summed E-state index contributed by atoms with van der Waals surface area (Å²) in [7, 11) is 0. The van der Waals surface area contributed by atoms with Crippen molar-refractivity contribution < 1.29 is 4.79 Å². The molecule has 4 N–H and O–H groups in total. The molecule has 1 aromatic carbocycles. The normalized spacial score (nSPS) is 14.2. The number of pyridine rings is 1. The first-order valence-electron chi connectivity index (χ1n) is 7.62. The number of hydrogen-bond donors (Lipinski definition) is 3. The van der Waals surface area contributed by atoms with Crippen LogP contribution in [0.3, 0.4) is 0 Å². The number of amides is 1. The highest BCUT2D eigenvalue weighted by Gasteiger charge is 2.22. The van der Waals surface area contributed by atoms with Gasteiger partial charge in [0.1, 0.15) is 5.65 Å². The van der Waals surface area contributed by atoms with Gasteiger partial charge in [0.05, 0.1) is 16.9 Å². The van der Waals surface area contributed by atoms with Gasteiger partial charge in [-0.05, 0) is 30.7 Å². The Hall–Kier alpha value is -3.02. The van der Waals surface area contributed by atoms with Crippen molar-refractivity contribution in [3.63, 3.8) is 0 Å². The van der Waals surface area contributed by atoms with Gasteiger partial charge in [-0.25, -0.2) is 4.98 Å². The number of para-hydroxylation sites is 1. The molecule has 1 amide bonds. The fourth-order valence-corrected chi connectivity index (χ4v) is 3.04. The van der Waals surface area contributed by atoms with E-state index in [0.717, 1.165) is 47.7 Å². The molecule has 0 fully saturated rings. The van der Waals surface area contributed by atoms with Crippen molar-refractivity contribution in [3.8, 4) is 0 Å². The summed E-state index contributed by atoms with van der Waals surface area (Å²) in [6, 6.07) is 11.5. The summed E-state index contributed by atoms with van der Waals surface area (Å²) in [4.78, 5) is 21.7. The topological polar surface area (TPSA) is 87.0 Å². The smallest absolute Gasteiger partial charge is 0.250 e. The number of nitrogens with two attached hydrogens (primary N) is 1. The first-order chi connectivity index (χ1) is 11.2. The molecule has 4 rings (SSSR count). The maximum absolute atomic E-state index is 11.8. The Kier molecular flexibility index (Phi) is 3.15. The molecule has 0 bridgehead atoms. The zero-order chi connectivity index (χ0) is 15.8. The summed E-state index contributed by atoms with van der Waals surface area (Å²) < 4.78 is 0. The van der Waals surface area contributed by atoms with Crippen molar-refractivity contribution >= 4 is 34.1 Å². The summed E-state index contributed by atoms with van der Waals surface area (Å²) in [5, 5.41) is 4.40. The number of nitrogens with one attached hydrogen (secondary N) is 2. The number of anilines is 3. The maximum Gasteiger partial charge on any atom is 0.250 e. The minimum Gasteiger partial charge on any atom is -0.368 e. The van der Waals surface area contributed by atoms with Crippen LogP contribution in [0.5, 0.6) is 0 Å². The molecule has 6 heteroatoms. The number of hydrogen-bond acceptors (Lipinski definition) is 4. The van der Waals surface area contributed by atoms with Crippen LogP contribution in [0.15, 0.2) is 42.6 Å². The van der Waals surface area contributed by atoms with Crippen LogP contribution in [0.4, 0.5) is 17.2 Å². The van der Waals surface area contributed by atoms with Crippen LogP contribution in [0, 0.1) is 0 Å². The lowest BCUT2D eigenvalue weighted by atomic mass is 10.1. The highest BCUT2D eigenvalue weighted by molar-refractivity contribution is 6.00. The second kappa shape index (κ2) is 5.31. The fraction of sp³-hybridized carbons (Fsp3) is 0.176. The Bertz CT molecular complexity index is 886. The molecule has 3 heterocycles. The zero-order valence-corrected chi connectivity index (χ0v) is 12.5. The molecule has 0 saturated carbocycles. The van der Waals surface area contributed by atoms with Crippen LogP contribution < -0.4 is 16.0 Å². The molecule has 2 aromatic heterocycles. The molecule has 0 unspecified atom stereocenters. The molecular weight excluding hydrogens is 290 g/mol. The average molecular weight is 307 g/mol. The molecule has 0 spiro atoms. The molecule has 0 saturated heterocycles. The third-order valence-corrected chi connectivity index (χ3v) is 4.12. The van der Waals surface area contributed by atoms with Gasteiger partial charge < -0.3 is 20.9 Å². The molecule has 0 atom stereocenters. The second-order valence-electron chi connectivity index (χ2n) is 5.58. The zero-order valence-electron chi connectivity index (χ0n) is 12.5. The molecule has 116 valence electrons. The van der Waals surface area contributed by atoms with E-state index >= 15 is 0 Å². The third kappa shape index (κ3) is 2.28. The first kappa shape index (κ1) is 13.6. The van der Waals surface area contributed by atoms with Crippen LogP contribution in [0.25, 0.3) is 11.0 Å². The molecule has 1 aliphatic heterocycles.